The maximum atomic E-state index is 10.8. The highest BCUT2D eigenvalue weighted by Gasteiger charge is 2.32. The fraction of sp³-hybridized carbons (Fsp3) is 0.200. The Kier molecular flexibility index (Phi) is 2.93. The molecule has 1 N–H and O–H groups in total. The minimum absolute atomic E-state index is 0.515. The molecule has 0 aliphatic rings. The Hall–Kier alpha value is -1.29. The molecule has 2 heterocycles. The van der Waals surface area contributed by atoms with Crippen molar-refractivity contribution in [3.63, 3.8) is 0 Å². The van der Waals surface area contributed by atoms with Gasteiger partial charge in [0.15, 0.2) is 11.2 Å². The maximum Gasteiger partial charge on any atom is 0.154 e. The summed E-state index contributed by atoms with van der Waals surface area (Å²) in [5.74, 6) is 0.515. The first kappa shape index (κ1) is 12.7. The molecule has 19 heavy (non-hydrogen) atoms. The Bertz CT molecular complexity index is 740. The number of fused-ring (bicyclic) bond motifs is 1. The fourth-order valence-corrected chi connectivity index (χ4v) is 3.46. The monoisotopic (exact) mass is 292 g/mol. The quantitative estimate of drug-likeness (QED) is 0.742. The van der Waals surface area contributed by atoms with E-state index >= 15 is 0 Å². The molecule has 3 aromatic rings. The summed E-state index contributed by atoms with van der Waals surface area (Å²) in [5.41, 5.74) is 0.538. The van der Waals surface area contributed by atoms with E-state index in [0.29, 0.717) is 16.4 Å². The zero-order valence-electron chi connectivity index (χ0n) is 10.6. The van der Waals surface area contributed by atoms with Crippen molar-refractivity contribution in [3.8, 4) is 0 Å². The van der Waals surface area contributed by atoms with Gasteiger partial charge < -0.3 is 9.52 Å². The zero-order chi connectivity index (χ0) is 13.6. The molecule has 0 saturated carbocycles. The summed E-state index contributed by atoms with van der Waals surface area (Å²) in [6.07, 6.45) is 0. The highest BCUT2D eigenvalue weighted by atomic mass is 35.5. The van der Waals surface area contributed by atoms with Gasteiger partial charge in [0.05, 0.1) is 5.02 Å². The van der Waals surface area contributed by atoms with E-state index in [1.165, 1.54) is 11.3 Å². The van der Waals surface area contributed by atoms with Crippen LogP contribution >= 0.6 is 22.9 Å². The molecule has 98 valence electrons. The van der Waals surface area contributed by atoms with Crippen LogP contribution in [0.2, 0.25) is 5.02 Å². The van der Waals surface area contributed by atoms with Crippen molar-refractivity contribution in [1.29, 1.82) is 0 Å². The second-order valence-corrected chi connectivity index (χ2v) is 6.10. The van der Waals surface area contributed by atoms with Crippen molar-refractivity contribution in [1.82, 2.24) is 0 Å². The van der Waals surface area contributed by atoms with Gasteiger partial charge in [-0.2, -0.15) is 0 Å². The lowest BCUT2D eigenvalue weighted by Crippen LogP contribution is -2.21. The van der Waals surface area contributed by atoms with Crippen molar-refractivity contribution in [2.24, 2.45) is 0 Å². The number of halogens is 1. The molecule has 0 saturated heterocycles. The van der Waals surface area contributed by atoms with E-state index in [1.807, 2.05) is 36.6 Å². The number of thiophene rings is 1. The summed E-state index contributed by atoms with van der Waals surface area (Å²) >= 11 is 7.63. The molecular formula is C15H13ClO2S. The van der Waals surface area contributed by atoms with Crippen LogP contribution < -0.4 is 0 Å². The van der Waals surface area contributed by atoms with Crippen LogP contribution in [0, 0.1) is 6.92 Å². The first-order valence-electron chi connectivity index (χ1n) is 5.95. The van der Waals surface area contributed by atoms with Crippen molar-refractivity contribution in [2.75, 3.05) is 0 Å². The molecule has 1 unspecified atom stereocenters. The molecule has 2 aromatic heterocycles. The number of hydrogen-bond donors (Lipinski definition) is 1. The number of benzene rings is 1. The molecule has 1 aromatic carbocycles. The van der Waals surface area contributed by atoms with Gasteiger partial charge in [-0.25, -0.2) is 0 Å². The van der Waals surface area contributed by atoms with E-state index in [1.54, 1.807) is 13.0 Å². The van der Waals surface area contributed by atoms with Crippen LogP contribution in [-0.4, -0.2) is 5.11 Å². The van der Waals surface area contributed by atoms with Gasteiger partial charge in [0, 0.05) is 10.3 Å². The largest absolute Gasteiger partial charge is 0.456 e. The first-order chi connectivity index (χ1) is 9.00. The Balaban J connectivity index is 2.19. The van der Waals surface area contributed by atoms with E-state index in [4.69, 9.17) is 16.0 Å². The standard InChI is InChI=1S/C15H13ClO2S/c1-9-6-7-19-14(9)15(2,17)12-8-10-4-3-5-11(16)13(10)18-12/h3-8,17H,1-2H3. The topological polar surface area (TPSA) is 33.4 Å². The fourth-order valence-electron chi connectivity index (χ4n) is 2.25. The van der Waals surface area contributed by atoms with E-state index in [2.05, 4.69) is 0 Å². The predicted octanol–water partition coefficient (Wildman–Crippen LogP) is 4.71. The summed E-state index contributed by atoms with van der Waals surface area (Å²) in [4.78, 5) is 0.891. The molecule has 0 radical (unpaired) electrons. The molecule has 4 heteroatoms. The van der Waals surface area contributed by atoms with Crippen LogP contribution in [0.3, 0.4) is 0 Å². The molecule has 3 rings (SSSR count). The lowest BCUT2D eigenvalue weighted by Gasteiger charge is -2.20. The minimum Gasteiger partial charge on any atom is -0.456 e. The highest BCUT2D eigenvalue weighted by molar-refractivity contribution is 7.10. The van der Waals surface area contributed by atoms with E-state index in [0.717, 1.165) is 15.8 Å². The summed E-state index contributed by atoms with van der Waals surface area (Å²) in [5, 5.41) is 14.2. The highest BCUT2D eigenvalue weighted by Crippen LogP contribution is 2.38. The molecule has 0 aliphatic heterocycles. The summed E-state index contributed by atoms with van der Waals surface area (Å²) < 4.78 is 5.77. The van der Waals surface area contributed by atoms with E-state index in [9.17, 15) is 5.11 Å². The van der Waals surface area contributed by atoms with E-state index in [-0.39, 0.29) is 0 Å². The lowest BCUT2D eigenvalue weighted by atomic mass is 9.98. The second-order valence-electron chi connectivity index (χ2n) is 4.77. The van der Waals surface area contributed by atoms with Gasteiger partial charge in [0.25, 0.3) is 0 Å². The van der Waals surface area contributed by atoms with Gasteiger partial charge in [-0.3, -0.25) is 0 Å². The number of aliphatic hydroxyl groups is 1. The van der Waals surface area contributed by atoms with Gasteiger partial charge in [0.1, 0.15) is 5.76 Å². The molecule has 2 nitrogen and oxygen atoms in total. The molecule has 0 aliphatic carbocycles. The van der Waals surface area contributed by atoms with Gasteiger partial charge in [-0.1, -0.05) is 23.7 Å². The molecule has 0 bridgehead atoms. The minimum atomic E-state index is -1.14. The number of aryl methyl sites for hydroxylation is 1. The smallest absolute Gasteiger partial charge is 0.154 e. The third-order valence-corrected chi connectivity index (χ3v) is 4.81. The van der Waals surface area contributed by atoms with Crippen LogP contribution in [-0.2, 0) is 5.60 Å². The molecule has 1 atom stereocenters. The van der Waals surface area contributed by atoms with E-state index < -0.39 is 5.60 Å². The lowest BCUT2D eigenvalue weighted by molar-refractivity contribution is 0.0818. The van der Waals surface area contributed by atoms with Crippen LogP contribution in [0.15, 0.2) is 40.1 Å². The molecule has 0 amide bonds. The van der Waals surface area contributed by atoms with Crippen LogP contribution in [0.4, 0.5) is 0 Å². The predicted molar refractivity (Wildman–Crippen MR) is 79.0 cm³/mol. The number of rotatable bonds is 2. The summed E-state index contributed by atoms with van der Waals surface area (Å²) in [6.45, 7) is 3.73. The number of para-hydroxylation sites is 1. The normalized spacial score (nSPS) is 14.7. The summed E-state index contributed by atoms with van der Waals surface area (Å²) in [6, 6.07) is 9.41. The Morgan fingerprint density at radius 1 is 1.32 bits per heavy atom. The Morgan fingerprint density at radius 3 is 2.74 bits per heavy atom. The number of hydrogen-bond acceptors (Lipinski definition) is 3. The van der Waals surface area contributed by atoms with Crippen LogP contribution in [0.5, 0.6) is 0 Å². The summed E-state index contributed by atoms with van der Waals surface area (Å²) in [7, 11) is 0. The number of furan rings is 1. The zero-order valence-corrected chi connectivity index (χ0v) is 12.2. The van der Waals surface area contributed by atoms with Gasteiger partial charge >= 0.3 is 0 Å². The van der Waals surface area contributed by atoms with Gasteiger partial charge in [-0.05, 0) is 43.0 Å². The SMILES string of the molecule is Cc1ccsc1C(C)(O)c1cc2cccc(Cl)c2o1. The van der Waals surface area contributed by atoms with Crippen molar-refractivity contribution < 1.29 is 9.52 Å². The van der Waals surface area contributed by atoms with Crippen LogP contribution in [0.1, 0.15) is 23.1 Å². The second kappa shape index (κ2) is 4.37. The van der Waals surface area contributed by atoms with Crippen molar-refractivity contribution >= 4 is 33.9 Å². The Labute approximate surface area is 120 Å². The van der Waals surface area contributed by atoms with Crippen molar-refractivity contribution in [3.05, 3.63) is 56.9 Å². The molecular weight excluding hydrogens is 280 g/mol. The van der Waals surface area contributed by atoms with Gasteiger partial charge in [-0.15, -0.1) is 11.3 Å². The molecule has 0 fully saturated rings. The van der Waals surface area contributed by atoms with Crippen LogP contribution in [0.25, 0.3) is 11.0 Å². The van der Waals surface area contributed by atoms with Gasteiger partial charge in [0.2, 0.25) is 0 Å². The van der Waals surface area contributed by atoms with Crippen molar-refractivity contribution in [2.45, 2.75) is 19.4 Å². The third kappa shape index (κ3) is 1.98. The maximum absolute atomic E-state index is 10.8. The molecule has 0 spiro atoms. The average Bonchev–Trinajstić information content (AvgIpc) is 2.96. The first-order valence-corrected chi connectivity index (χ1v) is 7.21. The third-order valence-electron chi connectivity index (χ3n) is 3.28. The Morgan fingerprint density at radius 2 is 2.11 bits per heavy atom. The average molecular weight is 293 g/mol.